The fraction of sp³-hybridized carbons (Fsp3) is 0.500. The lowest BCUT2D eigenvalue weighted by atomic mass is 10.1. The van der Waals surface area contributed by atoms with Crippen LogP contribution in [-0.2, 0) is 10.0 Å². The number of hydrogen-bond donors (Lipinski definition) is 2. The van der Waals surface area contributed by atoms with Crippen LogP contribution < -0.4 is 5.73 Å². The van der Waals surface area contributed by atoms with Crippen LogP contribution >= 0.6 is 0 Å². The molecular weight excluding hydrogens is 292 g/mol. The second-order valence-corrected chi connectivity index (χ2v) is 7.00. The molecule has 0 aliphatic heterocycles. The molecule has 1 rings (SSSR count). The molecule has 0 spiro atoms. The Morgan fingerprint density at radius 3 is 2.52 bits per heavy atom. The van der Waals surface area contributed by atoms with E-state index in [9.17, 15) is 13.2 Å². The van der Waals surface area contributed by atoms with Gasteiger partial charge in [0.1, 0.15) is 0 Å². The fourth-order valence-electron chi connectivity index (χ4n) is 1.95. The molecule has 3 N–H and O–H groups in total. The van der Waals surface area contributed by atoms with E-state index in [-0.39, 0.29) is 17.1 Å². The van der Waals surface area contributed by atoms with E-state index in [1.165, 1.54) is 23.5 Å². The number of nitrogens with zero attached hydrogens (tertiary/aromatic N) is 1. The second kappa shape index (κ2) is 7.53. The van der Waals surface area contributed by atoms with Crippen LogP contribution in [0.3, 0.4) is 0 Å². The van der Waals surface area contributed by atoms with Gasteiger partial charge >= 0.3 is 0 Å². The van der Waals surface area contributed by atoms with Crippen LogP contribution in [0.2, 0.25) is 0 Å². The summed E-state index contributed by atoms with van der Waals surface area (Å²) in [5, 5.41) is 8.70. The number of benzene rings is 1. The molecule has 0 aliphatic carbocycles. The van der Waals surface area contributed by atoms with Crippen LogP contribution in [0.15, 0.2) is 23.1 Å². The highest BCUT2D eigenvalue weighted by Crippen LogP contribution is 2.19. The zero-order chi connectivity index (χ0) is 16.0. The zero-order valence-electron chi connectivity index (χ0n) is 12.4. The molecule has 1 aromatic rings. The van der Waals surface area contributed by atoms with Crippen LogP contribution in [0, 0.1) is 6.92 Å². The lowest BCUT2D eigenvalue weighted by Gasteiger charge is -2.17. The topological polar surface area (TPSA) is 101 Å². The predicted octanol–water partition coefficient (Wildman–Crippen LogP) is 0.877. The van der Waals surface area contributed by atoms with Gasteiger partial charge in [-0.15, -0.1) is 0 Å². The van der Waals surface area contributed by atoms with Crippen LogP contribution in [0.1, 0.15) is 35.2 Å². The van der Waals surface area contributed by atoms with E-state index >= 15 is 0 Å². The third kappa shape index (κ3) is 4.52. The van der Waals surface area contributed by atoms with Crippen molar-refractivity contribution in [2.75, 3.05) is 20.2 Å². The molecule has 6 nitrogen and oxygen atoms in total. The van der Waals surface area contributed by atoms with E-state index in [1.54, 1.807) is 13.0 Å². The van der Waals surface area contributed by atoms with Crippen molar-refractivity contribution in [2.24, 2.45) is 5.73 Å². The van der Waals surface area contributed by atoms with Crippen molar-refractivity contribution in [2.45, 2.75) is 31.1 Å². The molecule has 0 unspecified atom stereocenters. The highest BCUT2D eigenvalue weighted by Gasteiger charge is 2.21. The largest absolute Gasteiger partial charge is 0.396 e. The molecule has 0 fully saturated rings. The van der Waals surface area contributed by atoms with Gasteiger partial charge in [-0.3, -0.25) is 4.79 Å². The second-order valence-electron chi connectivity index (χ2n) is 4.95. The lowest BCUT2D eigenvalue weighted by Crippen LogP contribution is -2.28. The molecule has 1 aromatic carbocycles. The average molecular weight is 314 g/mol. The summed E-state index contributed by atoms with van der Waals surface area (Å²) in [5.41, 5.74) is 6.10. The maximum atomic E-state index is 12.4. The highest BCUT2D eigenvalue weighted by atomic mass is 32.2. The normalized spacial score (nSPS) is 11.8. The van der Waals surface area contributed by atoms with Crippen molar-refractivity contribution in [3.05, 3.63) is 29.3 Å². The number of carbonyl (C=O) groups excluding carboxylic acids is 1. The Morgan fingerprint density at radius 1 is 1.29 bits per heavy atom. The fourth-order valence-corrected chi connectivity index (χ4v) is 3.19. The summed E-state index contributed by atoms with van der Waals surface area (Å²) in [4.78, 5) is 11.4. The van der Waals surface area contributed by atoms with E-state index in [1.807, 2.05) is 0 Å². The number of rotatable bonds is 8. The van der Waals surface area contributed by atoms with Gasteiger partial charge < -0.3 is 10.8 Å². The van der Waals surface area contributed by atoms with Gasteiger partial charge in [0, 0.05) is 25.8 Å². The van der Waals surface area contributed by atoms with E-state index in [2.05, 4.69) is 0 Å². The molecule has 0 heterocycles. The third-order valence-electron chi connectivity index (χ3n) is 3.31. The predicted molar refractivity (Wildman–Crippen MR) is 80.4 cm³/mol. The smallest absolute Gasteiger partial charge is 0.249 e. The first kappa shape index (κ1) is 17.6. The average Bonchev–Trinajstić information content (AvgIpc) is 2.43. The molecule has 0 aliphatic rings. The summed E-state index contributed by atoms with van der Waals surface area (Å²) < 4.78 is 26.1. The molecule has 21 heavy (non-hydrogen) atoms. The molecule has 0 atom stereocenters. The minimum Gasteiger partial charge on any atom is -0.396 e. The molecule has 1 amide bonds. The molecule has 0 aromatic heterocycles. The Balaban J connectivity index is 2.92. The van der Waals surface area contributed by atoms with Gasteiger partial charge in [-0.25, -0.2) is 12.7 Å². The Morgan fingerprint density at radius 2 is 1.95 bits per heavy atom. The Hall–Kier alpha value is -1.44. The number of amides is 1. The zero-order valence-corrected chi connectivity index (χ0v) is 13.2. The number of aryl methyl sites for hydroxylation is 1. The highest BCUT2D eigenvalue weighted by molar-refractivity contribution is 7.89. The van der Waals surface area contributed by atoms with Gasteiger partial charge in [0.25, 0.3) is 0 Å². The number of carbonyl (C=O) groups is 1. The van der Waals surface area contributed by atoms with Crippen molar-refractivity contribution in [1.82, 2.24) is 4.31 Å². The van der Waals surface area contributed by atoms with E-state index in [0.29, 0.717) is 24.9 Å². The standard InChI is InChI=1S/C14H22N2O4S/c1-11-6-7-12(10-13(11)14(15)18)21(19,20)16(2)8-4-3-5-9-17/h6-7,10,17H,3-5,8-9H2,1-2H3,(H2,15,18). The summed E-state index contributed by atoms with van der Waals surface area (Å²) in [6, 6.07) is 4.37. The van der Waals surface area contributed by atoms with E-state index in [4.69, 9.17) is 10.8 Å². The third-order valence-corrected chi connectivity index (χ3v) is 5.17. The Bertz CT molecular complexity index is 599. The lowest BCUT2D eigenvalue weighted by molar-refractivity contribution is 0.0999. The number of unbranched alkanes of at least 4 members (excludes halogenated alkanes) is 2. The summed E-state index contributed by atoms with van der Waals surface area (Å²) in [5.74, 6) is -0.643. The van der Waals surface area contributed by atoms with Crippen molar-refractivity contribution in [3.8, 4) is 0 Å². The molecule has 7 heteroatoms. The first-order valence-electron chi connectivity index (χ1n) is 6.78. The molecular formula is C14H22N2O4S. The number of aliphatic hydroxyl groups is 1. The molecule has 0 bridgehead atoms. The maximum Gasteiger partial charge on any atom is 0.249 e. The van der Waals surface area contributed by atoms with Gasteiger partial charge in [0.2, 0.25) is 15.9 Å². The van der Waals surface area contributed by atoms with Crippen molar-refractivity contribution < 1.29 is 18.3 Å². The molecule has 0 saturated carbocycles. The van der Waals surface area contributed by atoms with Gasteiger partial charge in [0.05, 0.1) is 4.90 Å². The summed E-state index contributed by atoms with van der Waals surface area (Å²) in [7, 11) is -2.14. The Kier molecular flexibility index (Phi) is 6.32. The minimum absolute atomic E-state index is 0.0616. The first-order chi connectivity index (χ1) is 9.80. The monoisotopic (exact) mass is 314 g/mol. The van der Waals surface area contributed by atoms with Crippen molar-refractivity contribution in [1.29, 1.82) is 0 Å². The van der Waals surface area contributed by atoms with Gasteiger partial charge in [-0.2, -0.15) is 0 Å². The number of nitrogens with two attached hydrogens (primary N) is 1. The summed E-state index contributed by atoms with van der Waals surface area (Å²) in [6.45, 7) is 2.17. The van der Waals surface area contributed by atoms with Crippen LogP contribution in [0.4, 0.5) is 0 Å². The number of aliphatic hydroxyl groups excluding tert-OH is 1. The SMILES string of the molecule is Cc1ccc(S(=O)(=O)N(C)CCCCCO)cc1C(N)=O. The quantitative estimate of drug-likeness (QED) is 0.695. The molecule has 0 radical (unpaired) electrons. The number of primary amides is 1. The van der Waals surface area contributed by atoms with Crippen LogP contribution in [-0.4, -0.2) is 43.9 Å². The van der Waals surface area contributed by atoms with Crippen molar-refractivity contribution >= 4 is 15.9 Å². The number of sulfonamides is 1. The van der Waals surface area contributed by atoms with Gasteiger partial charge in [0.15, 0.2) is 0 Å². The van der Waals surface area contributed by atoms with Gasteiger partial charge in [-0.1, -0.05) is 6.07 Å². The minimum atomic E-state index is -3.64. The van der Waals surface area contributed by atoms with E-state index < -0.39 is 15.9 Å². The molecule has 118 valence electrons. The van der Waals surface area contributed by atoms with Crippen LogP contribution in [0.25, 0.3) is 0 Å². The summed E-state index contributed by atoms with van der Waals surface area (Å²) >= 11 is 0. The van der Waals surface area contributed by atoms with Crippen LogP contribution in [0.5, 0.6) is 0 Å². The summed E-state index contributed by atoms with van der Waals surface area (Å²) in [6.07, 6.45) is 2.09. The van der Waals surface area contributed by atoms with Gasteiger partial charge in [-0.05, 0) is 43.9 Å². The number of hydrogen-bond acceptors (Lipinski definition) is 4. The molecule has 0 saturated heterocycles. The Labute approximate surface area is 125 Å². The maximum absolute atomic E-state index is 12.4. The van der Waals surface area contributed by atoms with Crippen molar-refractivity contribution in [3.63, 3.8) is 0 Å². The first-order valence-corrected chi connectivity index (χ1v) is 8.22. The van der Waals surface area contributed by atoms with E-state index in [0.717, 1.165) is 6.42 Å².